The summed E-state index contributed by atoms with van der Waals surface area (Å²) in [5.74, 6) is -1.69. The van der Waals surface area contributed by atoms with Gasteiger partial charge in [0.1, 0.15) is 0 Å². The van der Waals surface area contributed by atoms with Gasteiger partial charge in [-0.2, -0.15) is 5.26 Å². The van der Waals surface area contributed by atoms with Crippen LogP contribution >= 0.6 is 0 Å². The van der Waals surface area contributed by atoms with Crippen molar-refractivity contribution in [3.8, 4) is 6.07 Å². The molecular formula is C16H16N2O3S. The van der Waals surface area contributed by atoms with E-state index in [0.29, 0.717) is 27.4 Å². The van der Waals surface area contributed by atoms with Crippen molar-refractivity contribution < 1.29 is 14.1 Å². The maximum absolute atomic E-state index is 12.2. The predicted octanol–water partition coefficient (Wildman–Crippen LogP) is 2.21. The second-order valence-corrected chi connectivity index (χ2v) is 6.43. The first-order valence-corrected chi connectivity index (χ1v) is 8.18. The van der Waals surface area contributed by atoms with Gasteiger partial charge in [-0.1, -0.05) is 12.1 Å². The Labute approximate surface area is 131 Å². The average Bonchev–Trinajstić information content (AvgIpc) is 2.45. The molecule has 2 atom stereocenters. The summed E-state index contributed by atoms with van der Waals surface area (Å²) in [7, 11) is -1.34. The van der Waals surface area contributed by atoms with Gasteiger partial charge in [-0.15, -0.1) is 0 Å². The summed E-state index contributed by atoms with van der Waals surface area (Å²) in [6.07, 6.45) is 1.53. The fourth-order valence-electron chi connectivity index (χ4n) is 2.75. The third kappa shape index (κ3) is 2.81. The van der Waals surface area contributed by atoms with E-state index in [-0.39, 0.29) is 5.57 Å². The number of carboxylic acid groups (broad SMARTS) is 1. The zero-order valence-corrected chi connectivity index (χ0v) is 13.3. The Morgan fingerprint density at radius 3 is 2.59 bits per heavy atom. The van der Waals surface area contributed by atoms with Crippen LogP contribution in [0.1, 0.15) is 30.9 Å². The molecule has 0 aromatic heterocycles. The minimum Gasteiger partial charge on any atom is -0.478 e. The van der Waals surface area contributed by atoms with Gasteiger partial charge in [-0.05, 0) is 31.5 Å². The highest BCUT2D eigenvalue weighted by molar-refractivity contribution is 7.88. The molecular weight excluding hydrogens is 300 g/mol. The van der Waals surface area contributed by atoms with Crippen LogP contribution in [0, 0.1) is 11.3 Å². The molecule has 1 aliphatic rings. The normalized spacial score (nSPS) is 19.5. The number of hydrogen-bond donors (Lipinski definition) is 2. The number of nitrogens with one attached hydrogen (secondary N) is 1. The summed E-state index contributed by atoms with van der Waals surface area (Å²) in [4.78, 5) is 12.2. The van der Waals surface area contributed by atoms with Gasteiger partial charge in [0, 0.05) is 33.4 Å². The average molecular weight is 316 g/mol. The second-order valence-electron chi connectivity index (χ2n) is 5.08. The Hall–Kier alpha value is -2.39. The number of hydrogen-bond acceptors (Lipinski definition) is 4. The van der Waals surface area contributed by atoms with Gasteiger partial charge in [-0.3, -0.25) is 4.21 Å². The van der Waals surface area contributed by atoms with Crippen LogP contribution in [0.4, 0.5) is 0 Å². The molecule has 2 N–H and O–H groups in total. The van der Waals surface area contributed by atoms with Crippen molar-refractivity contribution in [3.63, 3.8) is 0 Å². The molecule has 1 aliphatic heterocycles. The molecule has 1 aromatic carbocycles. The van der Waals surface area contributed by atoms with Crippen molar-refractivity contribution in [2.24, 2.45) is 0 Å². The number of aliphatic carboxylic acids is 1. The lowest BCUT2D eigenvalue weighted by Crippen LogP contribution is -2.29. The van der Waals surface area contributed by atoms with Crippen molar-refractivity contribution in [1.29, 1.82) is 5.26 Å². The Bertz CT molecular complexity index is 736. The summed E-state index contributed by atoms with van der Waals surface area (Å²) in [6.45, 7) is 3.46. The highest BCUT2D eigenvalue weighted by Gasteiger charge is 2.34. The maximum atomic E-state index is 12.2. The zero-order valence-electron chi connectivity index (χ0n) is 12.5. The molecule has 0 bridgehead atoms. The lowest BCUT2D eigenvalue weighted by Gasteiger charge is -2.29. The maximum Gasteiger partial charge on any atom is 0.334 e. The minimum absolute atomic E-state index is 0.158. The van der Waals surface area contributed by atoms with Crippen molar-refractivity contribution >= 4 is 16.8 Å². The molecule has 22 heavy (non-hydrogen) atoms. The molecule has 2 rings (SSSR count). The van der Waals surface area contributed by atoms with Crippen molar-refractivity contribution in [2.45, 2.75) is 19.8 Å². The standard InChI is InChI=1S/C16H16N2O3S/c1-9-13(16(19)20)14(15(22(3)21)10(2)18-9)12-6-4-5-11(7-12)8-17/h4-7,14,18H,1-3H3,(H,19,20). The zero-order chi connectivity index (χ0) is 16.4. The van der Waals surface area contributed by atoms with Crippen LogP contribution in [0.2, 0.25) is 0 Å². The Kier molecular flexibility index (Phi) is 4.48. The predicted molar refractivity (Wildman–Crippen MR) is 84.1 cm³/mol. The molecule has 0 fully saturated rings. The first-order chi connectivity index (χ1) is 10.4. The molecule has 114 valence electrons. The van der Waals surface area contributed by atoms with Gasteiger partial charge < -0.3 is 10.4 Å². The van der Waals surface area contributed by atoms with Gasteiger partial charge >= 0.3 is 5.97 Å². The number of carbonyl (C=O) groups is 1. The van der Waals surface area contributed by atoms with Gasteiger partial charge in [0.2, 0.25) is 0 Å². The summed E-state index contributed by atoms with van der Waals surface area (Å²) in [5.41, 5.74) is 2.47. The molecule has 2 unspecified atom stereocenters. The third-order valence-electron chi connectivity index (χ3n) is 3.59. The van der Waals surface area contributed by atoms with E-state index in [0.717, 1.165) is 0 Å². The number of nitriles is 1. The molecule has 1 heterocycles. The summed E-state index contributed by atoms with van der Waals surface area (Å²) in [6, 6.07) is 8.81. The molecule has 0 saturated carbocycles. The topological polar surface area (TPSA) is 90.2 Å². The fraction of sp³-hybridized carbons (Fsp3) is 0.250. The van der Waals surface area contributed by atoms with E-state index >= 15 is 0 Å². The molecule has 0 aliphatic carbocycles. The first kappa shape index (κ1) is 16.0. The fourth-order valence-corrected chi connectivity index (χ4v) is 3.81. The lowest BCUT2D eigenvalue weighted by atomic mass is 9.86. The first-order valence-electron chi connectivity index (χ1n) is 6.62. The van der Waals surface area contributed by atoms with Crippen molar-refractivity contribution in [2.75, 3.05) is 6.26 Å². The van der Waals surface area contributed by atoms with E-state index in [1.807, 2.05) is 6.07 Å². The summed E-state index contributed by atoms with van der Waals surface area (Å²) < 4.78 is 12.2. The summed E-state index contributed by atoms with van der Waals surface area (Å²) in [5, 5.41) is 21.6. The van der Waals surface area contributed by atoms with E-state index in [2.05, 4.69) is 5.32 Å². The Morgan fingerprint density at radius 1 is 1.36 bits per heavy atom. The van der Waals surface area contributed by atoms with E-state index < -0.39 is 22.7 Å². The Morgan fingerprint density at radius 2 is 2.05 bits per heavy atom. The van der Waals surface area contributed by atoms with Gasteiger partial charge in [0.05, 0.1) is 23.1 Å². The number of rotatable bonds is 3. The molecule has 5 nitrogen and oxygen atoms in total. The van der Waals surface area contributed by atoms with Crippen LogP contribution in [-0.4, -0.2) is 21.5 Å². The highest BCUT2D eigenvalue weighted by atomic mass is 32.2. The molecule has 1 aromatic rings. The van der Waals surface area contributed by atoms with Crippen LogP contribution in [0.5, 0.6) is 0 Å². The molecule has 0 spiro atoms. The van der Waals surface area contributed by atoms with Crippen LogP contribution < -0.4 is 5.32 Å². The van der Waals surface area contributed by atoms with Crippen LogP contribution in [0.15, 0.2) is 46.1 Å². The summed E-state index contributed by atoms with van der Waals surface area (Å²) >= 11 is 0. The molecule has 0 amide bonds. The molecule has 0 radical (unpaired) electrons. The van der Waals surface area contributed by atoms with Crippen molar-refractivity contribution in [1.82, 2.24) is 5.32 Å². The highest BCUT2D eigenvalue weighted by Crippen LogP contribution is 2.39. The molecule has 0 saturated heterocycles. The number of dihydropyridines is 1. The number of allylic oxidation sites excluding steroid dienone is 3. The van der Waals surface area contributed by atoms with Crippen LogP contribution in [-0.2, 0) is 15.6 Å². The van der Waals surface area contributed by atoms with Gasteiger partial charge in [-0.25, -0.2) is 4.79 Å². The monoisotopic (exact) mass is 316 g/mol. The van der Waals surface area contributed by atoms with E-state index in [1.165, 1.54) is 6.26 Å². The largest absolute Gasteiger partial charge is 0.478 e. The smallest absolute Gasteiger partial charge is 0.334 e. The van der Waals surface area contributed by atoms with Gasteiger partial charge in [0.25, 0.3) is 0 Å². The Balaban J connectivity index is 2.72. The third-order valence-corrected chi connectivity index (χ3v) is 4.75. The second kappa shape index (κ2) is 6.16. The van der Waals surface area contributed by atoms with E-state index in [1.54, 1.807) is 38.1 Å². The SMILES string of the molecule is CC1=C(C(=O)O)C(c2cccc(C#N)c2)C(S(C)=O)=C(C)N1. The lowest BCUT2D eigenvalue weighted by molar-refractivity contribution is -0.133. The van der Waals surface area contributed by atoms with E-state index in [4.69, 9.17) is 5.26 Å². The number of nitrogens with zero attached hydrogens (tertiary/aromatic N) is 1. The number of carboxylic acids is 1. The molecule has 6 heteroatoms. The van der Waals surface area contributed by atoms with Gasteiger partial charge in [0.15, 0.2) is 0 Å². The quantitative estimate of drug-likeness (QED) is 0.892. The van der Waals surface area contributed by atoms with Crippen LogP contribution in [0.25, 0.3) is 0 Å². The van der Waals surface area contributed by atoms with Crippen LogP contribution in [0.3, 0.4) is 0 Å². The van der Waals surface area contributed by atoms with Crippen molar-refractivity contribution in [3.05, 3.63) is 57.3 Å². The minimum atomic E-state index is -1.34. The van der Waals surface area contributed by atoms with E-state index in [9.17, 15) is 14.1 Å². The number of benzene rings is 1.